The van der Waals surface area contributed by atoms with Gasteiger partial charge in [0.2, 0.25) is 5.91 Å². The molecule has 7 heteroatoms. The van der Waals surface area contributed by atoms with Gasteiger partial charge in [-0.3, -0.25) is 4.79 Å². The molecule has 0 saturated carbocycles. The lowest BCUT2D eigenvalue weighted by atomic mass is 10.1. The van der Waals surface area contributed by atoms with Crippen molar-refractivity contribution in [2.24, 2.45) is 5.73 Å². The van der Waals surface area contributed by atoms with Gasteiger partial charge in [-0.1, -0.05) is 6.42 Å². The second kappa shape index (κ2) is 8.89. The number of benzene rings is 1. The summed E-state index contributed by atoms with van der Waals surface area (Å²) >= 11 is 0. The van der Waals surface area contributed by atoms with Crippen molar-refractivity contribution in [3.05, 3.63) is 23.3 Å². The number of phenols is 2. The van der Waals surface area contributed by atoms with Crippen molar-refractivity contribution < 1.29 is 24.5 Å². The molecule has 0 aromatic heterocycles. The fourth-order valence-corrected chi connectivity index (χ4v) is 1.98. The number of rotatable bonds is 8. The number of hydrogen-bond donors (Lipinski definition) is 4. The molecule has 0 atom stereocenters. The zero-order valence-electron chi connectivity index (χ0n) is 12.6. The average Bonchev–Trinajstić information content (AvgIpc) is 2.48. The first-order valence-corrected chi connectivity index (χ1v) is 7.09. The molecule has 1 aromatic rings. The van der Waals surface area contributed by atoms with Crippen LogP contribution in [0.1, 0.15) is 41.6 Å². The first-order chi connectivity index (χ1) is 10.5. The third-order valence-electron chi connectivity index (χ3n) is 3.14. The maximum absolute atomic E-state index is 11.6. The molecular weight excluding hydrogens is 288 g/mol. The summed E-state index contributed by atoms with van der Waals surface area (Å²) in [6.45, 7) is 0.769. The highest BCUT2D eigenvalue weighted by Crippen LogP contribution is 2.29. The Balaban J connectivity index is 2.57. The zero-order valence-corrected chi connectivity index (χ0v) is 12.6. The minimum atomic E-state index is -0.828. The minimum absolute atomic E-state index is 0.118. The first-order valence-electron chi connectivity index (χ1n) is 7.09. The Morgan fingerprint density at radius 1 is 1.18 bits per heavy atom. The summed E-state index contributed by atoms with van der Waals surface area (Å²) < 4.78 is 4.46. The standard InChI is InChI=1S/C15H22N2O5/c1-22-15(21)14-11(18)7-10(8-12(14)19)9-17-13(20)5-3-2-4-6-16/h7-8,18-19H,2-6,9,16H2,1H3,(H,17,20). The number of hydrogen-bond acceptors (Lipinski definition) is 6. The molecule has 0 aliphatic rings. The summed E-state index contributed by atoms with van der Waals surface area (Å²) in [5, 5.41) is 22.2. The highest BCUT2D eigenvalue weighted by molar-refractivity contribution is 5.95. The lowest BCUT2D eigenvalue weighted by Crippen LogP contribution is -2.22. The van der Waals surface area contributed by atoms with Gasteiger partial charge in [-0.2, -0.15) is 0 Å². The quantitative estimate of drug-likeness (QED) is 0.420. The van der Waals surface area contributed by atoms with E-state index in [0.29, 0.717) is 18.5 Å². The number of amides is 1. The van der Waals surface area contributed by atoms with E-state index in [1.807, 2.05) is 0 Å². The van der Waals surface area contributed by atoms with Crippen LogP contribution in [0.5, 0.6) is 11.5 Å². The molecule has 1 rings (SSSR count). The molecule has 0 fully saturated rings. The largest absolute Gasteiger partial charge is 0.507 e. The number of aromatic hydroxyl groups is 2. The average molecular weight is 310 g/mol. The van der Waals surface area contributed by atoms with Crippen molar-refractivity contribution in [3.8, 4) is 11.5 Å². The van der Waals surface area contributed by atoms with Crippen LogP contribution in [-0.2, 0) is 16.1 Å². The van der Waals surface area contributed by atoms with Crippen LogP contribution in [0.15, 0.2) is 12.1 Å². The Morgan fingerprint density at radius 3 is 2.36 bits per heavy atom. The molecule has 22 heavy (non-hydrogen) atoms. The van der Waals surface area contributed by atoms with Crippen LogP contribution >= 0.6 is 0 Å². The van der Waals surface area contributed by atoms with Gasteiger partial charge in [0.05, 0.1) is 7.11 Å². The van der Waals surface area contributed by atoms with Gasteiger partial charge in [0.15, 0.2) is 0 Å². The van der Waals surface area contributed by atoms with E-state index in [4.69, 9.17) is 5.73 Å². The molecule has 0 spiro atoms. The number of nitrogens with two attached hydrogens (primary N) is 1. The Hall–Kier alpha value is -2.28. The molecular formula is C15H22N2O5. The monoisotopic (exact) mass is 310 g/mol. The zero-order chi connectivity index (χ0) is 16.5. The fraction of sp³-hybridized carbons (Fsp3) is 0.467. The van der Waals surface area contributed by atoms with E-state index >= 15 is 0 Å². The van der Waals surface area contributed by atoms with Gasteiger partial charge in [-0.05, 0) is 37.1 Å². The minimum Gasteiger partial charge on any atom is -0.507 e. The summed E-state index contributed by atoms with van der Waals surface area (Å²) in [5.74, 6) is -1.73. The molecule has 5 N–H and O–H groups in total. The fourth-order valence-electron chi connectivity index (χ4n) is 1.98. The Labute approximate surface area is 129 Å². The van der Waals surface area contributed by atoms with E-state index in [0.717, 1.165) is 26.4 Å². The van der Waals surface area contributed by atoms with E-state index in [2.05, 4.69) is 10.1 Å². The van der Waals surface area contributed by atoms with Crippen LogP contribution in [0, 0.1) is 0 Å². The van der Waals surface area contributed by atoms with Crippen LogP contribution in [0.4, 0.5) is 0 Å². The molecule has 0 radical (unpaired) electrons. The molecule has 0 saturated heterocycles. The number of methoxy groups -OCH3 is 1. The number of carbonyl (C=O) groups is 2. The Kier molecular flexibility index (Phi) is 7.18. The van der Waals surface area contributed by atoms with Gasteiger partial charge in [-0.25, -0.2) is 4.79 Å². The first kappa shape index (κ1) is 17.8. The number of phenolic OH excluding ortho intramolecular Hbond substituents is 2. The maximum atomic E-state index is 11.6. The van der Waals surface area contributed by atoms with Crippen LogP contribution in [0.2, 0.25) is 0 Å². The van der Waals surface area contributed by atoms with E-state index in [1.165, 1.54) is 12.1 Å². The third-order valence-corrected chi connectivity index (χ3v) is 3.14. The van der Waals surface area contributed by atoms with Crippen molar-refractivity contribution in [2.75, 3.05) is 13.7 Å². The van der Waals surface area contributed by atoms with Crippen LogP contribution in [0.25, 0.3) is 0 Å². The highest BCUT2D eigenvalue weighted by atomic mass is 16.5. The van der Waals surface area contributed by atoms with E-state index in [1.54, 1.807) is 0 Å². The summed E-state index contributed by atoms with van der Waals surface area (Å²) in [6, 6.07) is 2.61. The van der Waals surface area contributed by atoms with Crippen LogP contribution in [0.3, 0.4) is 0 Å². The molecule has 122 valence electrons. The predicted molar refractivity (Wildman–Crippen MR) is 80.5 cm³/mol. The lowest BCUT2D eigenvalue weighted by molar-refractivity contribution is -0.121. The second-order valence-corrected chi connectivity index (χ2v) is 4.88. The van der Waals surface area contributed by atoms with Crippen molar-refractivity contribution in [3.63, 3.8) is 0 Å². The summed E-state index contributed by atoms with van der Waals surface area (Å²) in [5.41, 5.74) is 5.56. The number of unbranched alkanes of at least 4 members (excludes halogenated alkanes) is 2. The molecule has 0 unspecified atom stereocenters. The maximum Gasteiger partial charge on any atom is 0.345 e. The topological polar surface area (TPSA) is 122 Å². The Morgan fingerprint density at radius 2 is 1.82 bits per heavy atom. The van der Waals surface area contributed by atoms with Gasteiger partial charge in [0, 0.05) is 13.0 Å². The van der Waals surface area contributed by atoms with Crippen molar-refractivity contribution in [2.45, 2.75) is 32.2 Å². The summed E-state index contributed by atoms with van der Waals surface area (Å²) in [4.78, 5) is 23.0. The number of carbonyl (C=O) groups excluding carboxylic acids is 2. The second-order valence-electron chi connectivity index (χ2n) is 4.88. The van der Waals surface area contributed by atoms with E-state index in [-0.39, 0.29) is 29.5 Å². The van der Waals surface area contributed by atoms with Gasteiger partial charge < -0.3 is 26.0 Å². The Bertz CT molecular complexity index is 508. The van der Waals surface area contributed by atoms with Gasteiger partial charge in [0.1, 0.15) is 17.1 Å². The number of nitrogens with one attached hydrogen (secondary N) is 1. The molecule has 7 nitrogen and oxygen atoms in total. The normalized spacial score (nSPS) is 10.3. The third kappa shape index (κ3) is 5.25. The molecule has 0 aliphatic heterocycles. The predicted octanol–water partition coefficient (Wildman–Crippen LogP) is 1.02. The number of ether oxygens (including phenoxy) is 1. The van der Waals surface area contributed by atoms with Crippen LogP contribution in [-0.4, -0.2) is 35.7 Å². The van der Waals surface area contributed by atoms with E-state index in [9.17, 15) is 19.8 Å². The molecule has 0 bridgehead atoms. The molecule has 0 aliphatic carbocycles. The molecule has 1 aromatic carbocycles. The van der Waals surface area contributed by atoms with Gasteiger partial charge in [-0.15, -0.1) is 0 Å². The van der Waals surface area contributed by atoms with Crippen LogP contribution < -0.4 is 11.1 Å². The summed E-state index contributed by atoms with van der Waals surface area (Å²) in [6.07, 6.45) is 2.96. The van der Waals surface area contributed by atoms with Crippen molar-refractivity contribution in [1.29, 1.82) is 0 Å². The van der Waals surface area contributed by atoms with Gasteiger partial charge in [0.25, 0.3) is 0 Å². The van der Waals surface area contributed by atoms with E-state index < -0.39 is 5.97 Å². The summed E-state index contributed by atoms with van der Waals surface area (Å²) in [7, 11) is 1.15. The number of esters is 1. The molecule has 0 heterocycles. The molecule has 1 amide bonds. The van der Waals surface area contributed by atoms with Crippen molar-refractivity contribution >= 4 is 11.9 Å². The van der Waals surface area contributed by atoms with Crippen molar-refractivity contribution in [1.82, 2.24) is 5.32 Å². The van der Waals surface area contributed by atoms with Gasteiger partial charge >= 0.3 is 5.97 Å². The highest BCUT2D eigenvalue weighted by Gasteiger charge is 2.18. The SMILES string of the molecule is COC(=O)c1c(O)cc(CNC(=O)CCCCCN)cc1O. The lowest BCUT2D eigenvalue weighted by Gasteiger charge is -2.10. The smallest absolute Gasteiger partial charge is 0.345 e.